The quantitative estimate of drug-likeness (QED) is 0.0125. The van der Waals surface area contributed by atoms with Crippen LogP contribution in [0.2, 0.25) is 45.2 Å². The Morgan fingerprint density at radius 1 is 0.468 bits per heavy atom. The molecule has 2 heterocycles. The topological polar surface area (TPSA) is 417 Å². The Hall–Kier alpha value is -7.61. The van der Waals surface area contributed by atoms with Crippen molar-refractivity contribution in [1.82, 2.24) is 29.5 Å². The molecule has 5 aliphatic carbocycles. The van der Waals surface area contributed by atoms with Crippen LogP contribution in [0.1, 0.15) is 150 Å². The average Bonchev–Trinajstić information content (AvgIpc) is 1.62. The van der Waals surface area contributed by atoms with Crippen molar-refractivity contribution in [3.8, 4) is 11.4 Å². The monoisotopic (exact) mass is 2130 g/mol. The van der Waals surface area contributed by atoms with Gasteiger partial charge in [0.1, 0.15) is 5.88 Å². The number of primary sulfonamides is 2. The first-order valence-corrected chi connectivity index (χ1v) is 47.7. The van der Waals surface area contributed by atoms with Crippen molar-refractivity contribution in [2.45, 2.75) is 137 Å². The van der Waals surface area contributed by atoms with Crippen LogP contribution < -0.4 is 54.5 Å². The Bertz CT molecular complexity index is 6120. The first-order chi connectivity index (χ1) is 58.7. The highest BCUT2D eigenvalue weighted by Gasteiger charge is 2.29. The molecule has 0 radical (unpaired) electrons. The van der Waals surface area contributed by atoms with Gasteiger partial charge in [-0.2, -0.15) is 4.99 Å². The smallest absolute Gasteiger partial charge is 0.239 e. The molecule has 670 valence electrons. The summed E-state index contributed by atoms with van der Waals surface area (Å²) in [7, 11) is -7.69. The SMILES string of the molecule is C.C.CC(=O)Nc1ccc(Br)cc1Cl.CC(=O)Nc1ccc(C2CC2)cc1Cl.NS(=O)(=O)c1ccc(NC(=O)CCl)c(Cl)c1.Nc1ccc(Br)cc1Cl.Nc1ccc(C2CC2)cc1Cl.Nc1n[nH]c(=S)n1-c1ccc(C2CC2)cc1Cl.Nc1nnc(SCC(=O)Nc2ccc(S(N)(=O)=O)cc2Cl)n1-c1ccc(C2CC2)cc1Cl.S=C=Nc1ccc(C2CC2)cc1Cl. The van der Waals surface area contributed by atoms with Gasteiger partial charge in [0.05, 0.1) is 117 Å². The predicted molar refractivity (Wildman–Crippen MR) is 531 cm³/mol. The highest BCUT2D eigenvalue weighted by molar-refractivity contribution is 9.10. The lowest BCUT2D eigenvalue weighted by Gasteiger charge is -2.12. The van der Waals surface area contributed by atoms with Gasteiger partial charge in [0.25, 0.3) is 0 Å². The number of H-pyrrole nitrogens is 1. The van der Waals surface area contributed by atoms with Crippen LogP contribution in [0.15, 0.2) is 193 Å². The van der Waals surface area contributed by atoms with Crippen molar-refractivity contribution in [2.24, 2.45) is 15.3 Å². The highest BCUT2D eigenvalue weighted by atomic mass is 79.9. The number of rotatable bonds is 18. The van der Waals surface area contributed by atoms with Crippen LogP contribution in [0, 0.1) is 4.77 Å². The molecule has 5 fully saturated rings. The standard InChI is InChI=1S/C19H18Cl2N6O3S2.C11H11ClN4S.C11H12ClNO.C10H8ClNS.C9H10ClN.C8H7BrClNO.C8H8Cl2N2O3S.C6H5BrClN.2CH4/c20-13-8-12(32(23,29)30)4-5-15(13)24-17(28)9-31-19-26-25-18(22)27(19)16-6-3-11(7-14(16)21)10-1-2-10;12-8-5-7(6-1-2-6)3-4-9(8)16-10(13)14-15-11(16)17;1-7(14)13-11-5-4-9(6-10(11)12)8-2-3-8;11-9-5-8(7-1-2-7)3-4-10(9)12-6-13;10-8-5-7(6-1-2-6)3-4-9(8)11;1-5(12)11-8-3-2-6(9)4-7(8)10;9-4-8(13)12-7-2-1-5(3-6(7)10)16(11,14)15;7-4-1-2-6(9)5(8)3-4;;/h3-8,10H,1-2,9H2,(H2,22,25)(H,24,28)(H2,23,29,30);3-6H,1-2H2,(H2,13,14)(H,15,17);4-6,8H,2-3H2,1H3,(H,13,14);3-5,7H,1-2H2;3-6H,1-2,11H2;2-4H,1H3,(H,11,12);1-3H,4H2,(H,12,13)(H2,11,14,15);1-3H,9H2;2*1H4. The molecule has 17 N–H and O–H groups in total. The minimum Gasteiger partial charge on any atom is -0.398 e. The molecule has 0 aliphatic heterocycles. The largest absolute Gasteiger partial charge is 0.398 e. The van der Waals surface area contributed by atoms with Gasteiger partial charge in [-0.1, -0.05) is 193 Å². The third-order valence-electron chi connectivity index (χ3n) is 18.2. The number of isothiocyanates is 1. The van der Waals surface area contributed by atoms with Crippen molar-refractivity contribution < 1.29 is 36.0 Å². The van der Waals surface area contributed by atoms with Crippen LogP contribution in [0.25, 0.3) is 11.4 Å². The molecule has 4 amide bonds. The number of nitrogens with one attached hydrogen (secondary N) is 5. The first kappa shape index (κ1) is 105. The minimum absolute atomic E-state index is 0. The van der Waals surface area contributed by atoms with Crippen molar-refractivity contribution in [2.75, 3.05) is 55.8 Å². The number of aromatic amines is 1. The number of halogens is 12. The number of thiocarbonyl (C=S) groups is 1. The molecule has 25 nitrogen and oxygen atoms in total. The molecule has 9 aromatic carbocycles. The lowest BCUT2D eigenvalue weighted by atomic mass is 10.1. The van der Waals surface area contributed by atoms with Crippen molar-refractivity contribution in [1.29, 1.82) is 0 Å². The molecule has 0 atom stereocenters. The number of nitrogens with two attached hydrogens (primary N) is 6. The molecule has 0 bridgehead atoms. The molecule has 126 heavy (non-hydrogen) atoms. The number of benzene rings is 9. The normalized spacial score (nSPS) is 13.3. The maximum Gasteiger partial charge on any atom is 0.239 e. The van der Waals surface area contributed by atoms with E-state index in [-0.39, 0.29) is 81.4 Å². The molecular weight excluding hydrogens is 2050 g/mol. The second-order valence-corrected chi connectivity index (χ2v) is 38.6. The minimum atomic E-state index is -3.90. The lowest BCUT2D eigenvalue weighted by Crippen LogP contribution is -2.16. The van der Waals surface area contributed by atoms with Gasteiger partial charge in [0.2, 0.25) is 60.3 Å². The summed E-state index contributed by atoms with van der Waals surface area (Å²) in [4.78, 5) is 48.5. The van der Waals surface area contributed by atoms with E-state index < -0.39 is 26.0 Å². The fourth-order valence-corrected chi connectivity index (χ4v) is 16.7. The van der Waals surface area contributed by atoms with Gasteiger partial charge in [-0.05, 0) is 280 Å². The van der Waals surface area contributed by atoms with E-state index in [4.69, 9.17) is 161 Å². The zero-order valence-electron chi connectivity index (χ0n) is 65.5. The van der Waals surface area contributed by atoms with Gasteiger partial charge in [0.15, 0.2) is 5.16 Å². The van der Waals surface area contributed by atoms with E-state index >= 15 is 0 Å². The third-order valence-corrected chi connectivity index (χ3v) is 25.4. The number of hydrogen-bond acceptors (Lipinski definition) is 19. The van der Waals surface area contributed by atoms with Gasteiger partial charge in [-0.25, -0.2) is 32.2 Å². The molecule has 0 saturated heterocycles. The van der Waals surface area contributed by atoms with Gasteiger partial charge in [-0.15, -0.1) is 26.9 Å². The maximum atomic E-state index is 12.4. The molecule has 5 aliphatic rings. The summed E-state index contributed by atoms with van der Waals surface area (Å²) in [6, 6.07) is 47.7. The number of alkyl halides is 1. The van der Waals surface area contributed by atoms with Crippen molar-refractivity contribution >= 4 is 285 Å². The van der Waals surface area contributed by atoms with Gasteiger partial charge in [0, 0.05) is 22.8 Å². The number of nitrogens with zero attached hydrogens (tertiary/aromatic N) is 6. The van der Waals surface area contributed by atoms with Gasteiger partial charge in [-0.3, -0.25) is 28.3 Å². The Morgan fingerprint density at radius 3 is 1.18 bits per heavy atom. The number of anilines is 8. The van der Waals surface area contributed by atoms with E-state index in [1.54, 1.807) is 33.4 Å². The molecule has 0 unspecified atom stereocenters. The molecule has 11 aromatic rings. The Kier molecular flexibility index (Phi) is 40.9. The summed E-state index contributed by atoms with van der Waals surface area (Å²) >= 11 is 76.5. The number of amides is 4. The summed E-state index contributed by atoms with van der Waals surface area (Å²) < 4.78 is 50.3. The summed E-state index contributed by atoms with van der Waals surface area (Å²) in [5.41, 5.74) is 34.4. The molecule has 42 heteroatoms. The number of carbonyl (C=O) groups excluding carboxylic acids is 4. The van der Waals surface area contributed by atoms with Crippen molar-refractivity contribution in [3.05, 3.63) is 251 Å². The Morgan fingerprint density at radius 2 is 0.817 bits per heavy atom. The van der Waals surface area contributed by atoms with E-state index in [1.165, 1.54) is 123 Å². The highest BCUT2D eigenvalue weighted by Crippen LogP contribution is 2.46. The number of sulfonamides is 2. The average molecular weight is 2140 g/mol. The van der Waals surface area contributed by atoms with Gasteiger partial charge >= 0.3 is 0 Å². The van der Waals surface area contributed by atoms with E-state index in [0.29, 0.717) is 103 Å². The second-order valence-electron chi connectivity index (χ2n) is 28.2. The molecular formula is C84H87Br2Cl10N17O8S5. The van der Waals surface area contributed by atoms with Crippen LogP contribution in [0.4, 0.5) is 51.7 Å². The molecule has 0 spiro atoms. The zero-order chi connectivity index (χ0) is 90.6. The fourth-order valence-electron chi connectivity index (χ4n) is 11.3. The van der Waals surface area contributed by atoms with Crippen LogP contribution in [0.3, 0.4) is 0 Å². The summed E-state index contributed by atoms with van der Waals surface area (Å²) in [6.45, 7) is 2.92. The number of thioether (sulfide) groups is 1. The van der Waals surface area contributed by atoms with Crippen molar-refractivity contribution in [3.63, 3.8) is 0 Å². The van der Waals surface area contributed by atoms with E-state index in [2.05, 4.69) is 114 Å². The third kappa shape index (κ3) is 33.1. The summed E-state index contributed by atoms with van der Waals surface area (Å²) in [5.74, 6) is 2.60. The van der Waals surface area contributed by atoms with Crippen LogP contribution in [-0.2, 0) is 39.2 Å². The second kappa shape index (κ2) is 48.9. The molecule has 16 rings (SSSR count). The number of carbonyl (C=O) groups is 4. The Labute approximate surface area is 812 Å². The molecule has 5 saturated carbocycles. The summed E-state index contributed by atoms with van der Waals surface area (Å²) in [6.07, 6.45) is 12.5. The van der Waals surface area contributed by atoms with Crippen LogP contribution in [0.5, 0.6) is 0 Å². The molecule has 2 aromatic heterocycles. The number of nitrogen functional groups attached to an aromatic ring is 4. The summed E-state index contributed by atoms with van der Waals surface area (Å²) in [5, 5.41) is 41.9. The van der Waals surface area contributed by atoms with Crippen LogP contribution in [-0.4, -0.2) is 86.8 Å². The maximum absolute atomic E-state index is 12.4. The Balaban J connectivity index is 0.000000204. The number of hydrogen-bond donors (Lipinski definition) is 11. The number of aromatic nitrogens is 6. The fraction of sp³-hybridized carbons (Fsp3) is 0.250. The predicted octanol–water partition coefficient (Wildman–Crippen LogP) is 24.6. The zero-order valence-corrected chi connectivity index (χ0v) is 80.3. The lowest BCUT2D eigenvalue weighted by molar-refractivity contribution is -0.115. The first-order valence-electron chi connectivity index (χ1n) is 37.3. The van der Waals surface area contributed by atoms with E-state index in [0.717, 1.165) is 57.1 Å². The van der Waals surface area contributed by atoms with Gasteiger partial charge < -0.3 is 44.2 Å². The van der Waals surface area contributed by atoms with E-state index in [9.17, 15) is 36.0 Å². The number of aliphatic imine (C=N–C) groups is 1. The van der Waals surface area contributed by atoms with E-state index in [1.807, 2.05) is 84.9 Å². The van der Waals surface area contributed by atoms with Crippen LogP contribution >= 0.6 is 184 Å².